The summed E-state index contributed by atoms with van der Waals surface area (Å²) in [7, 11) is -2.69. The average molecular weight is 425 g/mol. The van der Waals surface area contributed by atoms with Crippen molar-refractivity contribution in [3.8, 4) is 11.5 Å². The highest BCUT2D eigenvalue weighted by atomic mass is 31.2. The molecule has 2 heterocycles. The predicted octanol–water partition coefficient (Wildman–Crippen LogP) is 6.21. The van der Waals surface area contributed by atoms with Gasteiger partial charge < -0.3 is 0 Å². The highest BCUT2D eigenvalue weighted by Crippen LogP contribution is 2.64. The van der Waals surface area contributed by atoms with E-state index in [0.29, 0.717) is 0 Å². The first-order chi connectivity index (χ1) is 15.3. The van der Waals surface area contributed by atoms with Crippen molar-refractivity contribution in [3.63, 3.8) is 0 Å². The summed E-state index contributed by atoms with van der Waals surface area (Å²) in [6.45, 7) is 0. The molecule has 2 atom stereocenters. The SMILES string of the molecule is c1ccc(C2N[P+]3(NC(c4ccccc4)c4ccccc4O3)Oc3ccccc32)cc1. The summed E-state index contributed by atoms with van der Waals surface area (Å²) in [6, 6.07) is 37.2. The lowest BCUT2D eigenvalue weighted by atomic mass is 9.99. The average Bonchev–Trinajstić information content (AvgIpc) is 2.84. The Morgan fingerprint density at radius 2 is 0.871 bits per heavy atom. The molecule has 0 bridgehead atoms. The zero-order valence-electron chi connectivity index (χ0n) is 16.8. The molecule has 5 heteroatoms. The molecule has 4 aromatic rings. The standard InChI is InChI=1S/C26H22N2O2P/c1-3-11-19(12-4-1)25-21-15-7-9-17-23(21)29-31(27-25)28-26(20-13-5-2-6-14-20)22-16-8-10-18-24(22)30-31/h1-18,25-28H/q+1. The molecule has 0 aliphatic carbocycles. The molecule has 0 fully saturated rings. The molecular formula is C26H22N2O2P+. The summed E-state index contributed by atoms with van der Waals surface area (Å²) in [5.41, 5.74) is 4.58. The summed E-state index contributed by atoms with van der Waals surface area (Å²) >= 11 is 0. The van der Waals surface area contributed by atoms with E-state index in [1.54, 1.807) is 0 Å². The van der Waals surface area contributed by atoms with E-state index in [0.717, 1.165) is 22.6 Å². The molecule has 152 valence electrons. The summed E-state index contributed by atoms with van der Waals surface area (Å²) in [6.07, 6.45) is 0. The van der Waals surface area contributed by atoms with Crippen LogP contribution < -0.4 is 19.2 Å². The zero-order valence-corrected chi connectivity index (χ0v) is 17.7. The molecule has 0 saturated carbocycles. The maximum Gasteiger partial charge on any atom is 0.520 e. The van der Waals surface area contributed by atoms with Crippen molar-refractivity contribution in [1.29, 1.82) is 0 Å². The minimum Gasteiger partial charge on any atom is -0.272 e. The van der Waals surface area contributed by atoms with Crippen LogP contribution >= 0.6 is 8.02 Å². The zero-order chi connectivity index (χ0) is 20.7. The lowest BCUT2D eigenvalue weighted by molar-refractivity contribution is 0.371. The number of para-hydroxylation sites is 2. The molecule has 2 unspecified atom stereocenters. The Bertz CT molecular complexity index is 1120. The smallest absolute Gasteiger partial charge is 0.272 e. The minimum atomic E-state index is -2.69. The van der Waals surface area contributed by atoms with Gasteiger partial charge in [0, 0.05) is 11.1 Å². The Labute approximate surface area is 182 Å². The topological polar surface area (TPSA) is 42.5 Å². The largest absolute Gasteiger partial charge is 0.520 e. The molecule has 4 aromatic carbocycles. The van der Waals surface area contributed by atoms with E-state index in [4.69, 9.17) is 9.05 Å². The fraction of sp³-hybridized carbons (Fsp3) is 0.0769. The molecule has 2 aliphatic rings. The van der Waals surface area contributed by atoms with Crippen molar-refractivity contribution in [1.82, 2.24) is 10.2 Å². The molecule has 4 nitrogen and oxygen atoms in total. The minimum absolute atomic E-state index is 0.0336. The van der Waals surface area contributed by atoms with E-state index < -0.39 is 8.02 Å². The van der Waals surface area contributed by atoms with Gasteiger partial charge in [-0.1, -0.05) is 107 Å². The van der Waals surface area contributed by atoms with Crippen molar-refractivity contribution in [2.24, 2.45) is 0 Å². The van der Waals surface area contributed by atoms with Gasteiger partial charge in [-0.15, -0.1) is 0 Å². The molecule has 2 N–H and O–H groups in total. The molecule has 1 spiro atoms. The van der Waals surface area contributed by atoms with Gasteiger partial charge in [-0.25, -0.2) is 0 Å². The van der Waals surface area contributed by atoms with E-state index in [1.807, 2.05) is 48.5 Å². The van der Waals surface area contributed by atoms with Gasteiger partial charge in [0.1, 0.15) is 12.1 Å². The molecule has 0 aromatic heterocycles. The predicted molar refractivity (Wildman–Crippen MR) is 124 cm³/mol. The molecule has 31 heavy (non-hydrogen) atoms. The molecule has 2 aliphatic heterocycles. The van der Waals surface area contributed by atoms with E-state index in [9.17, 15) is 0 Å². The Morgan fingerprint density at radius 1 is 0.484 bits per heavy atom. The lowest BCUT2D eigenvalue weighted by Crippen LogP contribution is -2.44. The highest BCUT2D eigenvalue weighted by Gasteiger charge is 2.58. The summed E-state index contributed by atoms with van der Waals surface area (Å²) in [5.74, 6) is 1.70. The van der Waals surface area contributed by atoms with Gasteiger partial charge in [-0.05, 0) is 23.3 Å². The van der Waals surface area contributed by atoms with Crippen LogP contribution in [-0.2, 0) is 0 Å². The molecule has 0 radical (unpaired) electrons. The van der Waals surface area contributed by atoms with Gasteiger partial charge >= 0.3 is 8.02 Å². The third-order valence-corrected chi connectivity index (χ3v) is 7.88. The van der Waals surface area contributed by atoms with Crippen LogP contribution in [0.4, 0.5) is 0 Å². The third-order valence-electron chi connectivity index (χ3n) is 5.78. The summed E-state index contributed by atoms with van der Waals surface area (Å²) in [5, 5.41) is 7.47. The number of hydrogen-bond donors (Lipinski definition) is 2. The first kappa shape index (κ1) is 18.6. The normalized spacial score (nSPS) is 23.9. The molecule has 6 rings (SSSR count). The second-order valence-electron chi connectivity index (χ2n) is 7.76. The van der Waals surface area contributed by atoms with Crippen LogP contribution in [-0.4, -0.2) is 0 Å². The number of benzene rings is 4. The van der Waals surface area contributed by atoms with Crippen LogP contribution in [0.3, 0.4) is 0 Å². The number of rotatable bonds is 2. The molecule has 0 amide bonds. The van der Waals surface area contributed by atoms with Crippen molar-refractivity contribution < 1.29 is 9.05 Å². The van der Waals surface area contributed by atoms with Crippen molar-refractivity contribution >= 4 is 8.02 Å². The number of hydrogen-bond acceptors (Lipinski definition) is 4. The number of fused-ring (bicyclic) bond motifs is 2. The first-order valence-corrected chi connectivity index (χ1v) is 12.1. The first-order valence-electron chi connectivity index (χ1n) is 10.4. The fourth-order valence-corrected chi connectivity index (χ4v) is 6.79. The third kappa shape index (κ3) is 3.30. The van der Waals surface area contributed by atoms with Crippen LogP contribution in [0, 0.1) is 0 Å². The fourth-order valence-electron chi connectivity index (χ4n) is 4.32. The van der Waals surface area contributed by atoms with Gasteiger partial charge in [0.05, 0.1) is 0 Å². The van der Waals surface area contributed by atoms with Crippen LogP contribution in [0.15, 0.2) is 109 Å². The van der Waals surface area contributed by atoms with Gasteiger partial charge in [0.15, 0.2) is 11.5 Å². The second kappa shape index (κ2) is 7.51. The van der Waals surface area contributed by atoms with Crippen LogP contribution in [0.5, 0.6) is 11.5 Å². The monoisotopic (exact) mass is 425 g/mol. The van der Waals surface area contributed by atoms with Crippen molar-refractivity contribution in [3.05, 3.63) is 131 Å². The Hall–Kier alpha value is -3.17. The van der Waals surface area contributed by atoms with E-state index in [-0.39, 0.29) is 12.1 Å². The van der Waals surface area contributed by atoms with E-state index in [2.05, 4.69) is 70.8 Å². The Balaban J connectivity index is 1.48. The Morgan fingerprint density at radius 3 is 1.32 bits per heavy atom. The maximum atomic E-state index is 6.59. The van der Waals surface area contributed by atoms with Gasteiger partial charge in [-0.2, -0.15) is 0 Å². The highest BCUT2D eigenvalue weighted by molar-refractivity contribution is 7.63. The van der Waals surface area contributed by atoms with Crippen LogP contribution in [0.1, 0.15) is 34.3 Å². The summed E-state index contributed by atoms with van der Waals surface area (Å²) < 4.78 is 13.2. The van der Waals surface area contributed by atoms with Gasteiger partial charge in [0.2, 0.25) is 0 Å². The maximum absolute atomic E-state index is 6.59. The van der Waals surface area contributed by atoms with Crippen molar-refractivity contribution in [2.75, 3.05) is 0 Å². The quantitative estimate of drug-likeness (QED) is 0.375. The molecule has 0 saturated heterocycles. The van der Waals surface area contributed by atoms with Crippen LogP contribution in [0.25, 0.3) is 0 Å². The Kier molecular flexibility index (Phi) is 4.50. The van der Waals surface area contributed by atoms with E-state index in [1.165, 1.54) is 11.1 Å². The summed E-state index contributed by atoms with van der Waals surface area (Å²) in [4.78, 5) is 0. The van der Waals surface area contributed by atoms with E-state index >= 15 is 0 Å². The molecular weight excluding hydrogens is 403 g/mol. The van der Waals surface area contributed by atoms with Crippen LogP contribution in [0.2, 0.25) is 0 Å². The second-order valence-corrected chi connectivity index (χ2v) is 9.74. The number of nitrogens with one attached hydrogen (secondary N) is 2. The van der Waals surface area contributed by atoms with Gasteiger partial charge in [0.25, 0.3) is 0 Å². The lowest BCUT2D eigenvalue weighted by Gasteiger charge is -2.38. The van der Waals surface area contributed by atoms with Gasteiger partial charge in [-0.3, -0.25) is 9.05 Å². The van der Waals surface area contributed by atoms with Crippen molar-refractivity contribution in [2.45, 2.75) is 12.1 Å².